The SMILES string of the molecule is Nc1nc(/C(=N\Oc2ccccc2)C(=O)N[C@@H]2C(=O)N3C(C(=O)[O-])=C(CSc4nnc(-c5ccc(O)c(O)c5)o4)CS[C@H]23)cs1.[Na+]. The number of thiazole rings is 1. The van der Waals surface area contributed by atoms with Crippen molar-refractivity contribution >= 4 is 63.5 Å². The van der Waals surface area contributed by atoms with Gasteiger partial charge in [0.05, 0.1) is 11.7 Å². The fraction of sp³-hybridized carbons (Fsp3) is 0.148. The van der Waals surface area contributed by atoms with Crippen molar-refractivity contribution in [1.82, 2.24) is 25.4 Å². The van der Waals surface area contributed by atoms with E-state index in [1.54, 1.807) is 30.3 Å². The number of carbonyl (C=O) groups excluding carboxylic acids is 3. The Morgan fingerprint density at radius 3 is 2.67 bits per heavy atom. The molecule has 0 spiro atoms. The summed E-state index contributed by atoms with van der Waals surface area (Å²) in [6.07, 6.45) is 0. The van der Waals surface area contributed by atoms with Crippen molar-refractivity contribution in [3.8, 4) is 28.7 Å². The summed E-state index contributed by atoms with van der Waals surface area (Å²) in [5, 5.41) is 47.0. The normalized spacial score (nSPS) is 17.5. The fourth-order valence-corrected chi connectivity index (χ4v) is 7.16. The maximum absolute atomic E-state index is 13.3. The van der Waals surface area contributed by atoms with Crippen LogP contribution in [-0.2, 0) is 14.4 Å². The summed E-state index contributed by atoms with van der Waals surface area (Å²) in [5.41, 5.74) is 6.14. The van der Waals surface area contributed by atoms with Crippen LogP contribution in [0.15, 0.2) is 80.0 Å². The van der Waals surface area contributed by atoms with Crippen LogP contribution in [0.2, 0.25) is 0 Å². The minimum absolute atomic E-state index is 0. The molecule has 15 nitrogen and oxygen atoms in total. The molecular weight excluding hydrogens is 670 g/mol. The zero-order valence-electron chi connectivity index (χ0n) is 23.6. The van der Waals surface area contributed by atoms with E-state index in [1.165, 1.54) is 35.3 Å². The third-order valence-corrected chi connectivity index (χ3v) is 9.41. The van der Waals surface area contributed by atoms with E-state index in [1.807, 2.05) is 0 Å². The van der Waals surface area contributed by atoms with E-state index in [4.69, 9.17) is 15.0 Å². The van der Waals surface area contributed by atoms with E-state index in [9.17, 15) is 29.7 Å². The number of carbonyl (C=O) groups is 3. The van der Waals surface area contributed by atoms with Crippen molar-refractivity contribution in [2.24, 2.45) is 5.16 Å². The van der Waals surface area contributed by atoms with Crippen molar-refractivity contribution in [2.75, 3.05) is 17.2 Å². The van der Waals surface area contributed by atoms with Crippen LogP contribution in [0.3, 0.4) is 0 Å². The number of fused-ring (bicyclic) bond motifs is 1. The number of phenols is 2. The number of carboxylic acids is 1. The van der Waals surface area contributed by atoms with E-state index >= 15 is 0 Å². The number of nitrogens with one attached hydrogen (secondary N) is 1. The number of benzene rings is 2. The maximum atomic E-state index is 13.3. The first kappa shape index (κ1) is 33.3. The summed E-state index contributed by atoms with van der Waals surface area (Å²) in [6.45, 7) is 0. The van der Waals surface area contributed by atoms with E-state index in [0.29, 0.717) is 16.9 Å². The van der Waals surface area contributed by atoms with Crippen molar-refractivity contribution in [3.05, 3.63) is 70.9 Å². The van der Waals surface area contributed by atoms with Gasteiger partial charge >= 0.3 is 29.6 Å². The topological polar surface area (TPSA) is 229 Å². The molecule has 0 radical (unpaired) electrons. The number of aromatic nitrogens is 3. The zero-order chi connectivity index (χ0) is 31.7. The first-order chi connectivity index (χ1) is 21.7. The molecule has 2 aromatic carbocycles. The third kappa shape index (κ3) is 6.86. The number of β-lactam (4-membered cyclic amide) rings is 1. The number of rotatable bonds is 10. The molecule has 6 rings (SSSR count). The molecule has 2 amide bonds. The van der Waals surface area contributed by atoms with E-state index in [-0.39, 0.29) is 85.9 Å². The molecule has 2 atom stereocenters. The molecule has 2 aliphatic rings. The van der Waals surface area contributed by atoms with Crippen molar-refractivity contribution in [2.45, 2.75) is 16.6 Å². The van der Waals surface area contributed by atoms with Crippen LogP contribution in [0.5, 0.6) is 17.2 Å². The second-order valence-electron chi connectivity index (χ2n) is 9.38. The number of thioether (sulfide) groups is 2. The maximum Gasteiger partial charge on any atom is 1.00 e. The number of oxime groups is 1. The Kier molecular flexibility index (Phi) is 10.2. The number of carboxylic acid groups (broad SMARTS) is 1. The molecule has 4 aromatic rings. The van der Waals surface area contributed by atoms with Crippen LogP contribution < -0.4 is 50.6 Å². The standard InChI is InChI=1S/C27H21N7O8S3.Na/c28-26-29-15(11-44-26)18(33-42-14-4-2-1-3-5-14)21(37)30-19-23(38)34-20(25(39)40)13(9-43-24(19)34)10-45-27-32-31-22(41-27)12-6-7-16(35)17(36)8-12;/h1-8,11,19,24,35-36H,9-10H2,(H2,28,29)(H,30,37)(H,39,40);/q;+1/p-1/b33-18+;/t19-,24-;/m1./s1. The Balaban J connectivity index is 0.00000417. The number of nitrogens with two attached hydrogens (primary N) is 1. The number of para-hydroxylation sites is 1. The molecule has 19 heteroatoms. The zero-order valence-corrected chi connectivity index (χ0v) is 28.1. The molecule has 5 N–H and O–H groups in total. The number of nitrogens with zero attached hydrogens (tertiary/aromatic N) is 5. The van der Waals surface area contributed by atoms with Crippen LogP contribution in [0.1, 0.15) is 5.69 Å². The van der Waals surface area contributed by atoms with Gasteiger partial charge < -0.3 is 40.4 Å². The van der Waals surface area contributed by atoms with Gasteiger partial charge in [-0.25, -0.2) is 4.98 Å². The van der Waals surface area contributed by atoms with Crippen molar-refractivity contribution < 1.29 is 68.5 Å². The first-order valence-electron chi connectivity index (χ1n) is 12.9. The third-order valence-electron chi connectivity index (χ3n) is 6.49. The summed E-state index contributed by atoms with van der Waals surface area (Å²) in [5.74, 6) is -2.87. The number of anilines is 1. The second kappa shape index (κ2) is 14.1. The molecule has 1 fully saturated rings. The van der Waals surface area contributed by atoms with Crippen molar-refractivity contribution in [3.63, 3.8) is 0 Å². The van der Waals surface area contributed by atoms with Gasteiger partial charge in [0.15, 0.2) is 28.1 Å². The Bertz CT molecular complexity index is 1870. The summed E-state index contributed by atoms with van der Waals surface area (Å²) in [4.78, 5) is 49.3. The summed E-state index contributed by atoms with van der Waals surface area (Å²) >= 11 is 3.41. The molecule has 2 aliphatic heterocycles. The number of nitrogen functional groups attached to an aromatic ring is 1. The average molecular weight is 690 g/mol. The molecule has 1 saturated heterocycles. The van der Waals surface area contributed by atoms with Gasteiger partial charge in [0.1, 0.15) is 17.1 Å². The Morgan fingerprint density at radius 1 is 1.20 bits per heavy atom. The summed E-state index contributed by atoms with van der Waals surface area (Å²) in [7, 11) is 0. The van der Waals surface area contributed by atoms with Gasteiger partial charge in [0.25, 0.3) is 17.0 Å². The van der Waals surface area contributed by atoms with Crippen LogP contribution in [0, 0.1) is 0 Å². The Hall–Kier alpha value is -4.07. The predicted octanol–water partition coefficient (Wildman–Crippen LogP) is -1.83. The monoisotopic (exact) mass is 689 g/mol. The van der Waals surface area contributed by atoms with Crippen LogP contribution in [0.4, 0.5) is 5.13 Å². The van der Waals surface area contributed by atoms with Crippen LogP contribution in [0.25, 0.3) is 11.5 Å². The first-order valence-corrected chi connectivity index (χ1v) is 15.8. The van der Waals surface area contributed by atoms with E-state index < -0.39 is 29.2 Å². The van der Waals surface area contributed by atoms with Crippen molar-refractivity contribution in [1.29, 1.82) is 0 Å². The number of aliphatic carboxylic acids is 1. The quantitative estimate of drug-likeness (QED) is 0.0359. The number of hydrogen-bond acceptors (Lipinski definition) is 16. The largest absolute Gasteiger partial charge is 1.00 e. The molecule has 0 saturated carbocycles. The van der Waals surface area contributed by atoms with Gasteiger partial charge in [0.2, 0.25) is 5.89 Å². The van der Waals surface area contributed by atoms with Gasteiger partial charge in [-0.15, -0.1) is 33.3 Å². The number of amides is 2. The van der Waals surface area contributed by atoms with Gasteiger partial charge in [-0.2, -0.15) is 0 Å². The number of aromatic hydroxyl groups is 2. The van der Waals surface area contributed by atoms with Gasteiger partial charge in [-0.3, -0.25) is 14.5 Å². The summed E-state index contributed by atoms with van der Waals surface area (Å²) < 4.78 is 5.60. The fourth-order valence-electron chi connectivity index (χ4n) is 4.36. The number of phenolic OH excluding ortho intramolecular Hbond substituents is 2. The predicted molar refractivity (Wildman–Crippen MR) is 161 cm³/mol. The molecule has 0 bridgehead atoms. The van der Waals surface area contributed by atoms with Gasteiger partial charge in [-0.05, 0) is 35.9 Å². The van der Waals surface area contributed by atoms with Crippen LogP contribution in [-0.4, -0.2) is 76.7 Å². The minimum Gasteiger partial charge on any atom is -0.543 e. The smallest absolute Gasteiger partial charge is 0.543 e. The molecule has 230 valence electrons. The second-order valence-corrected chi connectivity index (χ2v) is 12.3. The van der Waals surface area contributed by atoms with E-state index in [0.717, 1.165) is 28.0 Å². The van der Waals surface area contributed by atoms with E-state index in [2.05, 4.69) is 25.7 Å². The van der Waals surface area contributed by atoms with Crippen LogP contribution >= 0.6 is 34.9 Å². The Morgan fingerprint density at radius 2 is 1.98 bits per heavy atom. The average Bonchev–Trinajstić information content (AvgIpc) is 3.69. The summed E-state index contributed by atoms with van der Waals surface area (Å²) in [6, 6.07) is 11.5. The van der Waals surface area contributed by atoms with Gasteiger partial charge in [-0.1, -0.05) is 35.1 Å². The molecular formula is C27H20N7NaO8S3. The van der Waals surface area contributed by atoms with Gasteiger partial charge in [0, 0.05) is 22.4 Å². The molecule has 46 heavy (non-hydrogen) atoms. The Labute approximate surface area is 294 Å². The molecule has 2 aromatic heterocycles. The number of hydrogen-bond donors (Lipinski definition) is 4. The molecule has 4 heterocycles. The molecule has 0 aliphatic carbocycles. The minimum atomic E-state index is -1.55. The molecule has 0 unspecified atom stereocenters.